The molecule has 0 fully saturated rings. The van der Waals surface area contributed by atoms with E-state index in [2.05, 4.69) is 55.0 Å². The molecule has 0 aliphatic carbocycles. The van der Waals surface area contributed by atoms with Crippen LogP contribution in [0.2, 0.25) is 0 Å². The SMILES string of the molecule is CC(C)N(C)CCCCc1ccc(-c2nccs2)cc1. The zero-order chi connectivity index (χ0) is 14.4. The molecule has 2 aromatic rings. The molecule has 1 aromatic heterocycles. The summed E-state index contributed by atoms with van der Waals surface area (Å²) in [5.41, 5.74) is 2.65. The highest BCUT2D eigenvalue weighted by Crippen LogP contribution is 2.22. The summed E-state index contributed by atoms with van der Waals surface area (Å²) in [5, 5.41) is 3.13. The van der Waals surface area contributed by atoms with Gasteiger partial charge in [-0.25, -0.2) is 4.98 Å². The van der Waals surface area contributed by atoms with Crippen LogP contribution in [-0.2, 0) is 6.42 Å². The van der Waals surface area contributed by atoms with E-state index in [1.807, 2.05) is 11.6 Å². The molecule has 0 saturated carbocycles. The van der Waals surface area contributed by atoms with Gasteiger partial charge in [0.25, 0.3) is 0 Å². The van der Waals surface area contributed by atoms with Gasteiger partial charge in [-0.15, -0.1) is 11.3 Å². The smallest absolute Gasteiger partial charge is 0.123 e. The van der Waals surface area contributed by atoms with E-state index in [9.17, 15) is 0 Å². The van der Waals surface area contributed by atoms with Crippen molar-refractivity contribution < 1.29 is 0 Å². The second kappa shape index (κ2) is 7.55. The molecule has 0 radical (unpaired) electrons. The summed E-state index contributed by atoms with van der Waals surface area (Å²) in [6, 6.07) is 9.50. The quantitative estimate of drug-likeness (QED) is 0.699. The molecule has 2 rings (SSSR count). The van der Waals surface area contributed by atoms with Crippen LogP contribution in [0.4, 0.5) is 0 Å². The van der Waals surface area contributed by atoms with Crippen LogP contribution in [0.15, 0.2) is 35.8 Å². The zero-order valence-electron chi connectivity index (χ0n) is 12.7. The standard InChI is InChI=1S/C17H24N2S/c1-14(2)19(3)12-5-4-6-15-7-9-16(10-8-15)17-18-11-13-20-17/h7-11,13-14H,4-6,12H2,1-3H3. The minimum atomic E-state index is 0.646. The van der Waals surface area contributed by atoms with E-state index >= 15 is 0 Å². The highest BCUT2D eigenvalue weighted by Gasteiger charge is 2.03. The van der Waals surface area contributed by atoms with Gasteiger partial charge in [-0.3, -0.25) is 0 Å². The number of aromatic nitrogens is 1. The van der Waals surface area contributed by atoms with Crippen molar-refractivity contribution in [1.29, 1.82) is 0 Å². The number of unbranched alkanes of at least 4 members (excludes halogenated alkanes) is 1. The van der Waals surface area contributed by atoms with E-state index in [1.54, 1.807) is 11.3 Å². The molecule has 0 amide bonds. The van der Waals surface area contributed by atoms with Crippen molar-refractivity contribution in [1.82, 2.24) is 9.88 Å². The summed E-state index contributed by atoms with van der Waals surface area (Å²) in [6.45, 7) is 5.68. The molecule has 3 heteroatoms. The van der Waals surface area contributed by atoms with E-state index in [-0.39, 0.29) is 0 Å². The maximum atomic E-state index is 4.34. The zero-order valence-corrected chi connectivity index (χ0v) is 13.5. The number of nitrogens with zero attached hydrogens (tertiary/aromatic N) is 2. The van der Waals surface area contributed by atoms with Crippen molar-refractivity contribution in [3.63, 3.8) is 0 Å². The lowest BCUT2D eigenvalue weighted by Crippen LogP contribution is -2.27. The molecule has 0 bridgehead atoms. The van der Waals surface area contributed by atoms with Gasteiger partial charge in [-0.2, -0.15) is 0 Å². The van der Waals surface area contributed by atoms with Crippen LogP contribution < -0.4 is 0 Å². The third kappa shape index (κ3) is 4.43. The Hall–Kier alpha value is -1.19. The maximum Gasteiger partial charge on any atom is 0.123 e. The molecule has 1 aromatic carbocycles. The van der Waals surface area contributed by atoms with Gasteiger partial charge in [-0.05, 0) is 52.3 Å². The summed E-state index contributed by atoms with van der Waals surface area (Å²) in [4.78, 5) is 6.75. The summed E-state index contributed by atoms with van der Waals surface area (Å²) < 4.78 is 0. The molecular formula is C17H24N2S. The monoisotopic (exact) mass is 288 g/mol. The highest BCUT2D eigenvalue weighted by molar-refractivity contribution is 7.13. The largest absolute Gasteiger partial charge is 0.304 e. The van der Waals surface area contributed by atoms with Crippen LogP contribution in [0, 0.1) is 0 Å². The summed E-state index contributed by atoms with van der Waals surface area (Å²) >= 11 is 1.69. The van der Waals surface area contributed by atoms with Crippen molar-refractivity contribution in [3.8, 4) is 10.6 Å². The highest BCUT2D eigenvalue weighted by atomic mass is 32.1. The average molecular weight is 288 g/mol. The number of hydrogen-bond donors (Lipinski definition) is 0. The van der Waals surface area contributed by atoms with Gasteiger partial charge < -0.3 is 4.90 Å². The van der Waals surface area contributed by atoms with Crippen LogP contribution >= 0.6 is 11.3 Å². The first-order chi connectivity index (χ1) is 9.66. The van der Waals surface area contributed by atoms with Gasteiger partial charge in [0.05, 0.1) is 0 Å². The van der Waals surface area contributed by atoms with Crippen molar-refractivity contribution in [2.45, 2.75) is 39.2 Å². The topological polar surface area (TPSA) is 16.1 Å². The van der Waals surface area contributed by atoms with Gasteiger partial charge >= 0.3 is 0 Å². The van der Waals surface area contributed by atoms with E-state index in [0.717, 1.165) is 5.01 Å². The number of hydrogen-bond acceptors (Lipinski definition) is 3. The lowest BCUT2D eigenvalue weighted by Gasteiger charge is -2.20. The predicted molar refractivity (Wildman–Crippen MR) is 88.3 cm³/mol. The van der Waals surface area contributed by atoms with Crippen molar-refractivity contribution >= 4 is 11.3 Å². The summed E-state index contributed by atoms with van der Waals surface area (Å²) in [6.07, 6.45) is 5.56. The molecule has 0 saturated heterocycles. The lowest BCUT2D eigenvalue weighted by molar-refractivity contribution is 0.268. The Bertz CT molecular complexity index is 488. The fourth-order valence-corrected chi connectivity index (χ4v) is 2.77. The van der Waals surface area contributed by atoms with Gasteiger partial charge in [0.15, 0.2) is 0 Å². The average Bonchev–Trinajstić information content (AvgIpc) is 2.98. The van der Waals surface area contributed by atoms with Crippen molar-refractivity contribution in [3.05, 3.63) is 41.4 Å². The van der Waals surface area contributed by atoms with Gasteiger partial charge in [0, 0.05) is 23.2 Å². The Balaban J connectivity index is 1.77. The minimum Gasteiger partial charge on any atom is -0.304 e. The van der Waals surface area contributed by atoms with Crippen LogP contribution in [0.5, 0.6) is 0 Å². The van der Waals surface area contributed by atoms with Crippen LogP contribution in [0.1, 0.15) is 32.3 Å². The minimum absolute atomic E-state index is 0.646. The molecule has 0 atom stereocenters. The molecule has 20 heavy (non-hydrogen) atoms. The van der Waals surface area contributed by atoms with Crippen LogP contribution in [-0.4, -0.2) is 29.5 Å². The van der Waals surface area contributed by atoms with Crippen LogP contribution in [0.25, 0.3) is 10.6 Å². The molecule has 2 nitrogen and oxygen atoms in total. The molecule has 108 valence electrons. The fraction of sp³-hybridized carbons (Fsp3) is 0.471. The van der Waals surface area contributed by atoms with Crippen molar-refractivity contribution in [2.75, 3.05) is 13.6 Å². The first-order valence-corrected chi connectivity index (χ1v) is 8.24. The van der Waals surface area contributed by atoms with E-state index in [4.69, 9.17) is 0 Å². The van der Waals surface area contributed by atoms with Gasteiger partial charge in [0.1, 0.15) is 5.01 Å². The van der Waals surface area contributed by atoms with Crippen LogP contribution in [0.3, 0.4) is 0 Å². The van der Waals surface area contributed by atoms with Gasteiger partial charge in [0.2, 0.25) is 0 Å². The Morgan fingerprint density at radius 3 is 2.50 bits per heavy atom. The Kier molecular flexibility index (Phi) is 5.74. The Morgan fingerprint density at radius 2 is 1.90 bits per heavy atom. The Morgan fingerprint density at radius 1 is 1.15 bits per heavy atom. The van der Waals surface area contributed by atoms with Crippen molar-refractivity contribution in [2.24, 2.45) is 0 Å². The second-order valence-electron chi connectivity index (χ2n) is 5.57. The first kappa shape index (κ1) is 15.2. The molecular weight excluding hydrogens is 264 g/mol. The molecule has 1 heterocycles. The third-order valence-electron chi connectivity index (χ3n) is 3.74. The number of rotatable bonds is 7. The molecule has 0 spiro atoms. The fourth-order valence-electron chi connectivity index (χ4n) is 2.13. The van der Waals surface area contributed by atoms with E-state index in [1.165, 1.54) is 36.9 Å². The summed E-state index contributed by atoms with van der Waals surface area (Å²) in [5.74, 6) is 0. The number of benzene rings is 1. The maximum absolute atomic E-state index is 4.34. The predicted octanol–water partition coefficient (Wildman–Crippen LogP) is 4.47. The summed E-state index contributed by atoms with van der Waals surface area (Å²) in [7, 11) is 2.20. The lowest BCUT2D eigenvalue weighted by atomic mass is 10.1. The first-order valence-electron chi connectivity index (χ1n) is 7.36. The molecule has 0 N–H and O–H groups in total. The normalized spacial score (nSPS) is 11.4. The van der Waals surface area contributed by atoms with Gasteiger partial charge in [-0.1, -0.05) is 24.3 Å². The Labute approximate surface area is 126 Å². The molecule has 0 aliphatic rings. The number of thiazole rings is 1. The molecule has 0 aliphatic heterocycles. The number of aryl methyl sites for hydroxylation is 1. The second-order valence-corrected chi connectivity index (χ2v) is 6.46. The third-order valence-corrected chi connectivity index (χ3v) is 4.56. The van der Waals surface area contributed by atoms with E-state index in [0.29, 0.717) is 6.04 Å². The van der Waals surface area contributed by atoms with E-state index < -0.39 is 0 Å². The molecule has 0 unspecified atom stereocenters.